The molecule has 108 valence electrons. The molecule has 2 rings (SSSR count). The molecule has 0 spiro atoms. The molecule has 1 heterocycles. The van der Waals surface area contributed by atoms with Crippen LogP contribution in [0.2, 0.25) is 0 Å². The highest BCUT2D eigenvalue weighted by Gasteiger charge is 2.21. The molecule has 21 heavy (non-hydrogen) atoms. The molecule has 0 aliphatic heterocycles. The van der Waals surface area contributed by atoms with Gasteiger partial charge in [0.1, 0.15) is 16.7 Å². The van der Waals surface area contributed by atoms with Crippen molar-refractivity contribution in [1.82, 2.24) is 4.98 Å². The summed E-state index contributed by atoms with van der Waals surface area (Å²) in [7, 11) is -2.47. The Morgan fingerprint density at radius 2 is 2.10 bits per heavy atom. The zero-order valence-corrected chi connectivity index (χ0v) is 12.3. The first-order chi connectivity index (χ1) is 9.97. The van der Waals surface area contributed by atoms with Crippen LogP contribution in [0.5, 0.6) is 5.75 Å². The number of nitriles is 1. The summed E-state index contributed by atoms with van der Waals surface area (Å²) >= 11 is 0. The predicted octanol–water partition coefficient (Wildman–Crippen LogP) is 2.07. The lowest BCUT2D eigenvalue weighted by Crippen LogP contribution is -2.15. The maximum Gasteiger partial charge on any atom is 0.264 e. The Labute approximate surface area is 123 Å². The van der Waals surface area contributed by atoms with Gasteiger partial charge in [-0.05, 0) is 36.8 Å². The van der Waals surface area contributed by atoms with E-state index in [2.05, 4.69) is 9.71 Å². The van der Waals surface area contributed by atoms with Gasteiger partial charge < -0.3 is 4.74 Å². The van der Waals surface area contributed by atoms with E-state index in [0.717, 1.165) is 5.56 Å². The number of hydrogen-bond donors (Lipinski definition) is 1. The number of aryl methyl sites for hydroxylation is 1. The number of hydrogen-bond acceptors (Lipinski definition) is 5. The molecule has 0 atom stereocenters. The quantitative estimate of drug-likeness (QED) is 0.933. The Balaban J connectivity index is 2.48. The van der Waals surface area contributed by atoms with Gasteiger partial charge in [0.05, 0.1) is 12.8 Å². The topological polar surface area (TPSA) is 92.1 Å². The first kappa shape index (κ1) is 14.8. The molecule has 1 N–H and O–H groups in total. The zero-order valence-electron chi connectivity index (χ0n) is 11.5. The van der Waals surface area contributed by atoms with E-state index in [0.29, 0.717) is 11.4 Å². The van der Waals surface area contributed by atoms with E-state index in [4.69, 9.17) is 10.00 Å². The third-order valence-corrected chi connectivity index (χ3v) is 4.16. The van der Waals surface area contributed by atoms with Crippen LogP contribution in [0.25, 0.3) is 0 Å². The molecule has 2 aromatic rings. The maximum absolute atomic E-state index is 12.4. The van der Waals surface area contributed by atoms with Gasteiger partial charge in [0.2, 0.25) is 0 Å². The molecule has 0 bridgehead atoms. The highest BCUT2D eigenvalue weighted by molar-refractivity contribution is 7.92. The van der Waals surface area contributed by atoms with E-state index < -0.39 is 10.0 Å². The Hall–Kier alpha value is -2.59. The number of benzene rings is 1. The monoisotopic (exact) mass is 303 g/mol. The number of pyridine rings is 1. The van der Waals surface area contributed by atoms with Crippen LogP contribution in [-0.4, -0.2) is 20.5 Å². The average molecular weight is 303 g/mol. The number of methoxy groups -OCH3 is 1. The van der Waals surface area contributed by atoms with Crippen molar-refractivity contribution in [2.24, 2.45) is 0 Å². The van der Waals surface area contributed by atoms with Crippen LogP contribution >= 0.6 is 0 Å². The predicted molar refractivity (Wildman–Crippen MR) is 77.5 cm³/mol. The second kappa shape index (κ2) is 5.81. The fraction of sp³-hybridized carbons (Fsp3) is 0.143. The lowest BCUT2D eigenvalue weighted by molar-refractivity contribution is 0.417. The molecule has 0 fully saturated rings. The summed E-state index contributed by atoms with van der Waals surface area (Å²) in [6.07, 6.45) is 1.37. The summed E-state index contributed by atoms with van der Waals surface area (Å²) in [5, 5.41) is 8.96. The van der Waals surface area contributed by atoms with Crippen LogP contribution in [0.4, 0.5) is 5.69 Å². The summed E-state index contributed by atoms with van der Waals surface area (Å²) in [6.45, 7) is 1.84. The average Bonchev–Trinajstić information content (AvgIpc) is 2.47. The van der Waals surface area contributed by atoms with E-state index >= 15 is 0 Å². The molecule has 1 aromatic carbocycles. The van der Waals surface area contributed by atoms with E-state index in [1.807, 2.05) is 6.92 Å². The van der Waals surface area contributed by atoms with Crippen molar-refractivity contribution in [3.63, 3.8) is 0 Å². The summed E-state index contributed by atoms with van der Waals surface area (Å²) in [6, 6.07) is 9.68. The summed E-state index contributed by atoms with van der Waals surface area (Å²) in [5.74, 6) is 0.395. The third kappa shape index (κ3) is 3.12. The maximum atomic E-state index is 12.4. The Bertz CT molecular complexity index is 810. The highest BCUT2D eigenvalue weighted by Crippen LogP contribution is 2.28. The third-order valence-electron chi connectivity index (χ3n) is 2.77. The molecule has 7 heteroatoms. The number of rotatable bonds is 4. The minimum absolute atomic E-state index is 0.156. The van der Waals surface area contributed by atoms with E-state index in [1.165, 1.54) is 25.4 Å². The summed E-state index contributed by atoms with van der Waals surface area (Å²) < 4.78 is 32.4. The first-order valence-corrected chi connectivity index (χ1v) is 7.49. The number of nitrogens with zero attached hydrogens (tertiary/aromatic N) is 2. The van der Waals surface area contributed by atoms with Gasteiger partial charge in [-0.25, -0.2) is 13.4 Å². The highest BCUT2D eigenvalue weighted by atomic mass is 32.2. The van der Waals surface area contributed by atoms with E-state index in [1.54, 1.807) is 24.3 Å². The van der Waals surface area contributed by atoms with Gasteiger partial charge in [-0.3, -0.25) is 4.72 Å². The molecule has 0 amide bonds. The smallest absolute Gasteiger partial charge is 0.264 e. The minimum Gasteiger partial charge on any atom is -0.495 e. The molecule has 0 aliphatic carbocycles. The van der Waals surface area contributed by atoms with Crippen LogP contribution in [0.1, 0.15) is 11.3 Å². The molecule has 0 radical (unpaired) electrons. The molecule has 0 saturated carbocycles. The Kier molecular flexibility index (Phi) is 4.10. The second-order valence-electron chi connectivity index (χ2n) is 4.27. The van der Waals surface area contributed by atoms with Crippen molar-refractivity contribution in [1.29, 1.82) is 5.26 Å². The SMILES string of the molecule is COc1ccc(C)cc1NS(=O)(=O)c1cccnc1C#N. The number of anilines is 1. The number of sulfonamides is 1. The molecule has 6 nitrogen and oxygen atoms in total. The van der Waals surface area contributed by atoms with Crippen molar-refractivity contribution < 1.29 is 13.2 Å². The lowest BCUT2D eigenvalue weighted by Gasteiger charge is -2.12. The van der Waals surface area contributed by atoms with Crippen LogP contribution < -0.4 is 9.46 Å². The zero-order chi connectivity index (χ0) is 15.5. The fourth-order valence-corrected chi connectivity index (χ4v) is 2.96. The largest absolute Gasteiger partial charge is 0.495 e. The minimum atomic E-state index is -3.92. The summed E-state index contributed by atoms with van der Waals surface area (Å²) in [4.78, 5) is 3.58. The number of ether oxygens (including phenoxy) is 1. The molecule has 1 aromatic heterocycles. The molecule has 0 aliphatic rings. The molecule has 0 unspecified atom stereocenters. The first-order valence-electron chi connectivity index (χ1n) is 6.00. The molecular formula is C14H13N3O3S. The standard InChI is InChI=1S/C14H13N3O3S/c1-10-5-6-13(20-2)11(8-10)17-21(18,19)14-4-3-7-16-12(14)9-15/h3-8,17H,1-2H3. The number of nitrogens with one attached hydrogen (secondary N) is 1. The Morgan fingerprint density at radius 1 is 1.33 bits per heavy atom. The van der Waals surface area contributed by atoms with E-state index in [9.17, 15) is 8.42 Å². The van der Waals surface area contributed by atoms with Crippen LogP contribution in [0, 0.1) is 18.3 Å². The van der Waals surface area contributed by atoms with Crippen LogP contribution in [0.3, 0.4) is 0 Å². The van der Waals surface area contributed by atoms with Gasteiger partial charge in [0.25, 0.3) is 10.0 Å². The summed E-state index contributed by atoms with van der Waals surface area (Å²) in [5.41, 5.74) is 1.03. The van der Waals surface area contributed by atoms with Gasteiger partial charge in [-0.2, -0.15) is 5.26 Å². The fourth-order valence-electron chi connectivity index (χ4n) is 1.79. The second-order valence-corrected chi connectivity index (χ2v) is 5.92. The van der Waals surface area contributed by atoms with Gasteiger partial charge in [-0.1, -0.05) is 6.07 Å². The van der Waals surface area contributed by atoms with Crippen molar-refractivity contribution in [3.8, 4) is 11.8 Å². The normalized spacial score (nSPS) is 10.7. The molecule has 0 saturated heterocycles. The van der Waals surface area contributed by atoms with Gasteiger partial charge in [-0.15, -0.1) is 0 Å². The van der Waals surface area contributed by atoms with Gasteiger partial charge >= 0.3 is 0 Å². The number of aromatic nitrogens is 1. The van der Waals surface area contributed by atoms with Crippen molar-refractivity contribution in [3.05, 3.63) is 47.8 Å². The van der Waals surface area contributed by atoms with Gasteiger partial charge in [0, 0.05) is 6.20 Å². The van der Waals surface area contributed by atoms with Crippen molar-refractivity contribution in [2.45, 2.75) is 11.8 Å². The van der Waals surface area contributed by atoms with Crippen LogP contribution in [-0.2, 0) is 10.0 Å². The van der Waals surface area contributed by atoms with Gasteiger partial charge in [0.15, 0.2) is 5.69 Å². The Morgan fingerprint density at radius 3 is 2.76 bits per heavy atom. The lowest BCUT2D eigenvalue weighted by atomic mass is 10.2. The van der Waals surface area contributed by atoms with Crippen molar-refractivity contribution in [2.75, 3.05) is 11.8 Å². The molecular weight excluding hydrogens is 290 g/mol. The van der Waals surface area contributed by atoms with Crippen molar-refractivity contribution >= 4 is 15.7 Å². The van der Waals surface area contributed by atoms with E-state index in [-0.39, 0.29) is 10.6 Å². The van der Waals surface area contributed by atoms with Crippen LogP contribution in [0.15, 0.2) is 41.4 Å².